The molecule has 2 aromatic carbocycles. The minimum absolute atomic E-state index is 0.0225. The molecule has 1 atom stereocenters. The molecule has 0 saturated heterocycles. The fourth-order valence-electron chi connectivity index (χ4n) is 3.02. The molecule has 0 aromatic heterocycles. The number of aromatic hydroxyl groups is 3. The molecule has 3 N–H and O–H groups in total. The molecule has 0 amide bonds. The molecular weight excluding hydrogens is 304 g/mol. The van der Waals surface area contributed by atoms with Crippen LogP contribution in [-0.2, 0) is 12.8 Å². The molecule has 0 radical (unpaired) electrons. The Hall–Kier alpha value is -2.62. The highest BCUT2D eigenvalue weighted by atomic mass is 16.5. The minimum atomic E-state index is -0.301. The van der Waals surface area contributed by atoms with E-state index in [9.17, 15) is 15.3 Å². The van der Waals surface area contributed by atoms with Crippen LogP contribution in [0.5, 0.6) is 23.0 Å². The number of phenols is 3. The van der Waals surface area contributed by atoms with Gasteiger partial charge in [-0.25, -0.2) is 0 Å². The summed E-state index contributed by atoms with van der Waals surface area (Å²) in [5.41, 5.74) is 3.67. The number of aryl methyl sites for hydroxylation is 1. The van der Waals surface area contributed by atoms with E-state index in [1.165, 1.54) is 11.6 Å². The third kappa shape index (κ3) is 3.18. The number of phenolic OH excluding ortho intramolecular Hbond substituents is 3. The van der Waals surface area contributed by atoms with Gasteiger partial charge in [0.15, 0.2) is 0 Å². The highest BCUT2D eigenvalue weighted by Crippen LogP contribution is 2.43. The fourth-order valence-corrected chi connectivity index (χ4v) is 3.02. The van der Waals surface area contributed by atoms with Gasteiger partial charge in [0.05, 0.1) is 0 Å². The van der Waals surface area contributed by atoms with Gasteiger partial charge in [-0.15, -0.1) is 0 Å². The molecule has 4 heteroatoms. The van der Waals surface area contributed by atoms with Gasteiger partial charge in [-0.3, -0.25) is 0 Å². The Bertz CT molecular complexity index is 788. The van der Waals surface area contributed by atoms with Crippen molar-refractivity contribution in [2.75, 3.05) is 0 Å². The fraction of sp³-hybridized carbons (Fsp3) is 0.300. The maximum absolute atomic E-state index is 10.2. The number of rotatable bonds is 3. The summed E-state index contributed by atoms with van der Waals surface area (Å²) < 4.78 is 6.15. The predicted octanol–water partition coefficient (Wildman–Crippen LogP) is 4.38. The first kappa shape index (κ1) is 16.2. The zero-order valence-corrected chi connectivity index (χ0v) is 13.9. The predicted molar refractivity (Wildman–Crippen MR) is 92.7 cm³/mol. The first-order valence-corrected chi connectivity index (χ1v) is 8.11. The maximum Gasteiger partial charge on any atom is 0.130 e. The van der Waals surface area contributed by atoms with Crippen LogP contribution in [0.25, 0.3) is 0 Å². The summed E-state index contributed by atoms with van der Waals surface area (Å²) in [6.45, 7) is 4.04. The molecule has 0 spiro atoms. The van der Waals surface area contributed by atoms with Gasteiger partial charge in [0, 0.05) is 17.2 Å². The van der Waals surface area contributed by atoms with E-state index in [2.05, 4.69) is 6.08 Å². The first-order chi connectivity index (χ1) is 11.5. The zero-order chi connectivity index (χ0) is 17.3. The van der Waals surface area contributed by atoms with Crippen molar-refractivity contribution in [3.8, 4) is 23.0 Å². The Morgan fingerprint density at radius 2 is 1.92 bits per heavy atom. The molecular formula is C20H22O4. The Balaban J connectivity index is 1.96. The lowest BCUT2D eigenvalue weighted by Crippen LogP contribution is -2.16. The van der Waals surface area contributed by atoms with Crippen LogP contribution in [0.2, 0.25) is 0 Å². The highest BCUT2D eigenvalue weighted by Gasteiger charge is 2.26. The van der Waals surface area contributed by atoms with Gasteiger partial charge in [0.2, 0.25) is 0 Å². The van der Waals surface area contributed by atoms with E-state index in [4.69, 9.17) is 4.74 Å². The van der Waals surface area contributed by atoms with Crippen molar-refractivity contribution in [1.82, 2.24) is 0 Å². The van der Waals surface area contributed by atoms with E-state index in [0.29, 0.717) is 17.7 Å². The maximum atomic E-state index is 10.2. The van der Waals surface area contributed by atoms with Gasteiger partial charge in [0.1, 0.15) is 29.1 Å². The number of benzene rings is 2. The summed E-state index contributed by atoms with van der Waals surface area (Å²) in [6, 6.07) is 8.15. The lowest BCUT2D eigenvalue weighted by atomic mass is 9.93. The van der Waals surface area contributed by atoms with Crippen molar-refractivity contribution in [3.05, 3.63) is 58.7 Å². The van der Waals surface area contributed by atoms with Crippen LogP contribution in [0.4, 0.5) is 0 Å². The van der Waals surface area contributed by atoms with Crippen LogP contribution in [0.15, 0.2) is 42.0 Å². The molecule has 1 unspecified atom stereocenters. The molecule has 1 aliphatic rings. The molecule has 3 rings (SSSR count). The first-order valence-electron chi connectivity index (χ1n) is 8.11. The van der Waals surface area contributed by atoms with E-state index in [-0.39, 0.29) is 23.4 Å². The second-order valence-electron chi connectivity index (χ2n) is 6.43. The van der Waals surface area contributed by atoms with Crippen LogP contribution in [0, 0.1) is 0 Å². The van der Waals surface area contributed by atoms with Gasteiger partial charge < -0.3 is 20.1 Å². The number of allylic oxidation sites excluding steroid dienone is 2. The molecule has 126 valence electrons. The lowest BCUT2D eigenvalue weighted by Gasteiger charge is -2.29. The molecule has 24 heavy (non-hydrogen) atoms. The van der Waals surface area contributed by atoms with E-state index in [1.54, 1.807) is 18.2 Å². The lowest BCUT2D eigenvalue weighted by molar-refractivity contribution is 0.170. The largest absolute Gasteiger partial charge is 0.508 e. The van der Waals surface area contributed by atoms with Crippen LogP contribution >= 0.6 is 0 Å². The Labute approximate surface area is 141 Å². The topological polar surface area (TPSA) is 69.9 Å². The summed E-state index contributed by atoms with van der Waals surface area (Å²) in [6.07, 6.45) is 3.90. The van der Waals surface area contributed by atoms with Crippen molar-refractivity contribution in [2.45, 2.75) is 39.2 Å². The third-order valence-corrected chi connectivity index (χ3v) is 4.33. The Morgan fingerprint density at radius 3 is 2.62 bits per heavy atom. The van der Waals surface area contributed by atoms with Crippen molar-refractivity contribution >= 4 is 0 Å². The van der Waals surface area contributed by atoms with Crippen molar-refractivity contribution in [1.29, 1.82) is 0 Å². The van der Waals surface area contributed by atoms with Gasteiger partial charge in [0.25, 0.3) is 0 Å². The summed E-state index contributed by atoms with van der Waals surface area (Å²) >= 11 is 0. The minimum Gasteiger partial charge on any atom is -0.508 e. The quantitative estimate of drug-likeness (QED) is 0.732. The second kappa shape index (κ2) is 6.48. The highest BCUT2D eigenvalue weighted by molar-refractivity contribution is 5.52. The summed E-state index contributed by atoms with van der Waals surface area (Å²) in [5, 5.41) is 29.8. The van der Waals surface area contributed by atoms with Crippen LogP contribution in [0.3, 0.4) is 0 Å². The number of hydrogen-bond acceptors (Lipinski definition) is 4. The third-order valence-electron chi connectivity index (χ3n) is 4.33. The molecule has 1 heterocycles. The summed E-state index contributed by atoms with van der Waals surface area (Å²) in [4.78, 5) is 0. The molecule has 0 aliphatic carbocycles. The number of fused-ring (bicyclic) bond motifs is 1. The normalized spacial score (nSPS) is 16.2. The number of hydrogen-bond donors (Lipinski definition) is 3. The second-order valence-corrected chi connectivity index (χ2v) is 6.43. The van der Waals surface area contributed by atoms with Crippen molar-refractivity contribution in [2.24, 2.45) is 0 Å². The monoisotopic (exact) mass is 326 g/mol. The van der Waals surface area contributed by atoms with Crippen LogP contribution in [0.1, 0.15) is 43.1 Å². The van der Waals surface area contributed by atoms with Crippen LogP contribution in [-0.4, -0.2) is 15.3 Å². The molecule has 0 fully saturated rings. The SMILES string of the molecule is CC(C)=CCc1c(O)ccc2c1OC(c1ccc(O)cc1O)CC2. The summed E-state index contributed by atoms with van der Waals surface area (Å²) in [5.74, 6) is 0.974. The molecule has 2 aromatic rings. The van der Waals surface area contributed by atoms with Gasteiger partial charge in [-0.05, 0) is 56.9 Å². The van der Waals surface area contributed by atoms with E-state index < -0.39 is 0 Å². The zero-order valence-electron chi connectivity index (χ0n) is 13.9. The molecule has 0 saturated carbocycles. The van der Waals surface area contributed by atoms with Gasteiger partial charge >= 0.3 is 0 Å². The van der Waals surface area contributed by atoms with Crippen LogP contribution < -0.4 is 4.74 Å². The standard InChI is InChI=1S/C20H22O4/c1-12(2)3-7-16-17(22)9-4-13-5-10-19(24-20(13)16)15-8-6-14(21)11-18(15)23/h3-4,6,8-9,11,19,21-23H,5,7,10H2,1-2H3. The van der Waals surface area contributed by atoms with Gasteiger partial charge in [-0.1, -0.05) is 17.7 Å². The van der Waals surface area contributed by atoms with Crippen molar-refractivity contribution < 1.29 is 20.1 Å². The molecule has 4 nitrogen and oxygen atoms in total. The molecule has 1 aliphatic heterocycles. The average molecular weight is 326 g/mol. The smallest absolute Gasteiger partial charge is 0.130 e. The number of ether oxygens (including phenoxy) is 1. The average Bonchev–Trinajstić information content (AvgIpc) is 2.53. The van der Waals surface area contributed by atoms with Crippen molar-refractivity contribution in [3.63, 3.8) is 0 Å². The summed E-state index contributed by atoms with van der Waals surface area (Å²) in [7, 11) is 0. The van der Waals surface area contributed by atoms with E-state index in [1.807, 2.05) is 19.9 Å². The molecule has 0 bridgehead atoms. The Morgan fingerprint density at radius 1 is 1.12 bits per heavy atom. The van der Waals surface area contributed by atoms with E-state index in [0.717, 1.165) is 24.0 Å². The Kier molecular flexibility index (Phi) is 4.38. The van der Waals surface area contributed by atoms with Gasteiger partial charge in [-0.2, -0.15) is 0 Å². The van der Waals surface area contributed by atoms with E-state index >= 15 is 0 Å².